The summed E-state index contributed by atoms with van der Waals surface area (Å²) in [5.41, 5.74) is 6.38. The number of fused-ring (bicyclic) bond motifs is 1. The van der Waals surface area contributed by atoms with Crippen LogP contribution in [0.3, 0.4) is 0 Å². The average molecular weight is 265 g/mol. The van der Waals surface area contributed by atoms with Gasteiger partial charge in [-0.2, -0.15) is 8.42 Å². The molecule has 96 valence electrons. The molecule has 2 aliphatic rings. The lowest BCUT2D eigenvalue weighted by atomic mass is 10.1. The first-order valence-corrected chi connectivity index (χ1v) is 7.45. The van der Waals surface area contributed by atoms with Crippen molar-refractivity contribution in [1.29, 1.82) is 0 Å². The Kier molecular flexibility index (Phi) is 2.64. The summed E-state index contributed by atoms with van der Waals surface area (Å²) in [6, 6.07) is 6.99. The van der Waals surface area contributed by atoms with Gasteiger partial charge < -0.3 is 10.6 Å². The molecule has 2 aliphatic heterocycles. The Morgan fingerprint density at radius 2 is 2.17 bits per heavy atom. The van der Waals surface area contributed by atoms with Gasteiger partial charge in [-0.3, -0.25) is 0 Å². The molecule has 0 aromatic heterocycles. The molecule has 1 atom stereocenters. The second-order valence-corrected chi connectivity index (χ2v) is 6.30. The molecule has 0 amide bonds. The van der Waals surface area contributed by atoms with Crippen molar-refractivity contribution >= 4 is 15.9 Å². The number of hydrogen-bond acceptors (Lipinski definition) is 4. The lowest BCUT2D eigenvalue weighted by molar-refractivity contribution is 0.485. The lowest BCUT2D eigenvalue weighted by Gasteiger charge is -2.17. The summed E-state index contributed by atoms with van der Waals surface area (Å²) in [6.07, 6.45) is 0.998. The zero-order valence-electron chi connectivity index (χ0n) is 9.91. The Morgan fingerprint density at radius 3 is 2.89 bits per heavy atom. The van der Waals surface area contributed by atoms with Crippen molar-refractivity contribution in [2.75, 3.05) is 19.6 Å². The highest BCUT2D eigenvalue weighted by atomic mass is 32.2. The predicted molar refractivity (Wildman–Crippen MR) is 68.9 cm³/mol. The molecule has 0 radical (unpaired) electrons. The molecule has 18 heavy (non-hydrogen) atoms. The highest BCUT2D eigenvalue weighted by molar-refractivity contribution is 7.90. The summed E-state index contributed by atoms with van der Waals surface area (Å²) < 4.78 is 27.8. The molecule has 6 heteroatoms. The topological polar surface area (TPSA) is 75.8 Å². The summed E-state index contributed by atoms with van der Waals surface area (Å²) >= 11 is 0. The number of nitrogens with two attached hydrogens (primary N) is 1. The molecule has 5 nitrogen and oxygen atoms in total. The van der Waals surface area contributed by atoms with E-state index in [1.54, 1.807) is 12.1 Å². The van der Waals surface area contributed by atoms with Crippen LogP contribution in [0.15, 0.2) is 33.6 Å². The predicted octanol–water partition coefficient (Wildman–Crippen LogP) is 0.416. The number of rotatable bonds is 1. The minimum absolute atomic E-state index is 0.316. The Hall–Kier alpha value is -1.40. The smallest absolute Gasteiger partial charge is 0.285 e. The van der Waals surface area contributed by atoms with Crippen LogP contribution in [0.4, 0.5) is 0 Å². The van der Waals surface area contributed by atoms with Crippen molar-refractivity contribution in [3.63, 3.8) is 0 Å². The van der Waals surface area contributed by atoms with E-state index < -0.39 is 10.0 Å². The fourth-order valence-corrected chi connectivity index (χ4v) is 3.76. The number of likely N-dealkylation sites (tertiary alicyclic amines) is 1. The highest BCUT2D eigenvalue weighted by Gasteiger charge is 2.34. The Balaban J connectivity index is 2.00. The van der Waals surface area contributed by atoms with E-state index in [0.717, 1.165) is 25.1 Å². The van der Waals surface area contributed by atoms with Gasteiger partial charge in [0.2, 0.25) is 0 Å². The van der Waals surface area contributed by atoms with E-state index >= 15 is 0 Å². The zero-order chi connectivity index (χ0) is 12.8. The minimum Gasteiger partial charge on any atom is -0.355 e. The molecule has 1 saturated heterocycles. The molecule has 3 rings (SSSR count). The van der Waals surface area contributed by atoms with Crippen LogP contribution in [0.5, 0.6) is 0 Å². The largest absolute Gasteiger partial charge is 0.355 e. The second kappa shape index (κ2) is 4.07. The first-order valence-electron chi connectivity index (χ1n) is 6.01. The standard InChI is InChI=1S/C12H15N3O2S/c13-7-9-5-6-15(8-9)12-10-3-1-2-4-11(10)18(16,17)14-12/h1-4,9H,5-8,13H2/t9-/m1/s1. The maximum Gasteiger partial charge on any atom is 0.285 e. The maximum atomic E-state index is 11.9. The van der Waals surface area contributed by atoms with Crippen LogP contribution >= 0.6 is 0 Å². The Morgan fingerprint density at radius 1 is 1.39 bits per heavy atom. The van der Waals surface area contributed by atoms with Crippen LogP contribution in [-0.4, -0.2) is 38.8 Å². The van der Waals surface area contributed by atoms with Crippen LogP contribution in [0.1, 0.15) is 12.0 Å². The normalized spacial score (nSPS) is 25.1. The monoisotopic (exact) mass is 265 g/mol. The molecule has 0 saturated carbocycles. The molecule has 2 heterocycles. The number of hydrogen-bond donors (Lipinski definition) is 1. The Labute approximate surface area is 106 Å². The lowest BCUT2D eigenvalue weighted by Crippen LogP contribution is -2.29. The van der Waals surface area contributed by atoms with Crippen LogP contribution < -0.4 is 5.73 Å². The molecule has 0 bridgehead atoms. The van der Waals surface area contributed by atoms with Crippen molar-refractivity contribution < 1.29 is 8.42 Å². The molecular formula is C12H15N3O2S. The molecule has 0 spiro atoms. The SMILES string of the molecule is NC[C@H]1CCN(C2=NS(=O)(=O)c3ccccc32)C1. The zero-order valence-corrected chi connectivity index (χ0v) is 10.7. The van der Waals surface area contributed by atoms with E-state index in [0.29, 0.717) is 23.2 Å². The van der Waals surface area contributed by atoms with E-state index in [4.69, 9.17) is 5.73 Å². The van der Waals surface area contributed by atoms with Gasteiger partial charge >= 0.3 is 0 Å². The molecule has 0 unspecified atom stereocenters. The number of benzene rings is 1. The minimum atomic E-state index is -3.50. The molecule has 1 aromatic rings. The van der Waals surface area contributed by atoms with E-state index in [1.165, 1.54) is 0 Å². The van der Waals surface area contributed by atoms with Crippen molar-refractivity contribution in [2.24, 2.45) is 16.0 Å². The third kappa shape index (κ3) is 1.72. The van der Waals surface area contributed by atoms with Crippen LogP contribution in [0.2, 0.25) is 0 Å². The van der Waals surface area contributed by atoms with Gasteiger partial charge in [-0.25, -0.2) is 0 Å². The summed E-state index contributed by atoms with van der Waals surface area (Å²) in [5, 5.41) is 0. The molecule has 1 aromatic carbocycles. The van der Waals surface area contributed by atoms with Crippen LogP contribution in [0, 0.1) is 5.92 Å². The number of amidine groups is 1. The van der Waals surface area contributed by atoms with Gasteiger partial charge in [0.15, 0.2) is 5.84 Å². The molecule has 0 aliphatic carbocycles. The van der Waals surface area contributed by atoms with E-state index in [9.17, 15) is 8.42 Å². The Bertz CT molecular complexity index is 610. The summed E-state index contributed by atoms with van der Waals surface area (Å²) in [5.74, 6) is 1.02. The van der Waals surface area contributed by atoms with Gasteiger partial charge in [0.1, 0.15) is 4.90 Å². The van der Waals surface area contributed by atoms with Gasteiger partial charge in [0.05, 0.1) is 0 Å². The maximum absolute atomic E-state index is 11.9. The fraction of sp³-hybridized carbons (Fsp3) is 0.417. The first kappa shape index (κ1) is 11.7. The van der Waals surface area contributed by atoms with Crippen molar-refractivity contribution in [1.82, 2.24) is 4.90 Å². The fourth-order valence-electron chi connectivity index (χ4n) is 2.53. The molecule has 1 fully saturated rings. The summed E-state index contributed by atoms with van der Waals surface area (Å²) in [6.45, 7) is 2.25. The quantitative estimate of drug-likeness (QED) is 0.798. The van der Waals surface area contributed by atoms with Gasteiger partial charge in [0.25, 0.3) is 10.0 Å². The third-order valence-electron chi connectivity index (χ3n) is 3.53. The van der Waals surface area contributed by atoms with Gasteiger partial charge in [-0.15, -0.1) is 4.40 Å². The highest BCUT2D eigenvalue weighted by Crippen LogP contribution is 2.29. The van der Waals surface area contributed by atoms with E-state index in [2.05, 4.69) is 4.40 Å². The number of sulfonamides is 1. The molecule has 2 N–H and O–H groups in total. The first-order chi connectivity index (χ1) is 8.62. The van der Waals surface area contributed by atoms with Crippen LogP contribution in [-0.2, 0) is 10.0 Å². The van der Waals surface area contributed by atoms with Crippen molar-refractivity contribution in [3.05, 3.63) is 29.8 Å². The van der Waals surface area contributed by atoms with Crippen molar-refractivity contribution in [2.45, 2.75) is 11.3 Å². The third-order valence-corrected chi connectivity index (χ3v) is 4.86. The second-order valence-electron chi connectivity index (χ2n) is 4.72. The van der Waals surface area contributed by atoms with Crippen molar-refractivity contribution in [3.8, 4) is 0 Å². The summed E-state index contributed by atoms with van der Waals surface area (Å²) in [7, 11) is -3.50. The summed E-state index contributed by atoms with van der Waals surface area (Å²) in [4.78, 5) is 2.34. The number of nitrogens with zero attached hydrogens (tertiary/aromatic N) is 2. The van der Waals surface area contributed by atoms with E-state index in [1.807, 2.05) is 17.0 Å². The van der Waals surface area contributed by atoms with Crippen LogP contribution in [0.25, 0.3) is 0 Å². The van der Waals surface area contributed by atoms with E-state index in [-0.39, 0.29) is 0 Å². The van der Waals surface area contributed by atoms with Gasteiger partial charge in [0, 0.05) is 18.7 Å². The van der Waals surface area contributed by atoms with Gasteiger partial charge in [-0.05, 0) is 31.0 Å². The molecular weight excluding hydrogens is 250 g/mol. The average Bonchev–Trinajstić information content (AvgIpc) is 2.93. The van der Waals surface area contributed by atoms with Gasteiger partial charge in [-0.1, -0.05) is 12.1 Å².